The molecule has 1 fully saturated rings. The molecule has 4 heteroatoms. The van der Waals surface area contributed by atoms with Crippen molar-refractivity contribution in [2.45, 2.75) is 32.2 Å². The summed E-state index contributed by atoms with van der Waals surface area (Å²) in [6, 6.07) is 0. The Kier molecular flexibility index (Phi) is 3.23. The maximum Gasteiger partial charge on any atom is 0.107 e. The average Bonchev–Trinajstić information content (AvgIpc) is 2.61. The number of rotatable bonds is 2. The number of aromatic nitrogens is 2. The van der Waals surface area contributed by atoms with Gasteiger partial charge in [0.2, 0.25) is 0 Å². The first-order valence-electron chi connectivity index (χ1n) is 5.25. The zero-order valence-corrected chi connectivity index (χ0v) is 10.0. The van der Waals surface area contributed by atoms with E-state index in [4.69, 9.17) is 0 Å². The van der Waals surface area contributed by atoms with Crippen molar-refractivity contribution in [1.29, 1.82) is 0 Å². The molecule has 78 valence electrons. The summed E-state index contributed by atoms with van der Waals surface area (Å²) in [6.07, 6.45) is 4.56. The van der Waals surface area contributed by atoms with Crippen LogP contribution in [0.1, 0.15) is 31.2 Å². The van der Waals surface area contributed by atoms with Crippen LogP contribution in [-0.4, -0.2) is 22.9 Å². The van der Waals surface area contributed by atoms with Gasteiger partial charge in [0.25, 0.3) is 0 Å². The number of halogens is 1. The van der Waals surface area contributed by atoms with Gasteiger partial charge < -0.3 is 5.32 Å². The van der Waals surface area contributed by atoms with E-state index < -0.39 is 0 Å². The molecular formula is C10H16BrN3. The highest BCUT2D eigenvalue weighted by molar-refractivity contribution is 9.10. The van der Waals surface area contributed by atoms with Crippen LogP contribution in [-0.2, 0) is 6.54 Å². The van der Waals surface area contributed by atoms with Crippen LogP contribution in [0.4, 0.5) is 0 Å². The second-order valence-electron chi connectivity index (χ2n) is 3.75. The summed E-state index contributed by atoms with van der Waals surface area (Å²) >= 11 is 3.62. The highest BCUT2D eigenvalue weighted by Gasteiger charge is 2.19. The Hall–Kier alpha value is -0.350. The zero-order chi connectivity index (χ0) is 9.97. The lowest BCUT2D eigenvalue weighted by Crippen LogP contribution is -2.28. The van der Waals surface area contributed by atoms with E-state index in [2.05, 4.69) is 33.3 Å². The summed E-state index contributed by atoms with van der Waals surface area (Å²) in [7, 11) is 0. The highest BCUT2D eigenvalue weighted by Crippen LogP contribution is 2.29. The quantitative estimate of drug-likeness (QED) is 0.880. The molecule has 1 aromatic rings. The van der Waals surface area contributed by atoms with Crippen molar-refractivity contribution >= 4 is 15.9 Å². The number of hydrogen-bond acceptors (Lipinski definition) is 2. The van der Waals surface area contributed by atoms with Crippen molar-refractivity contribution in [2.24, 2.45) is 0 Å². The first-order chi connectivity index (χ1) is 6.83. The molecule has 2 heterocycles. The molecule has 1 N–H and O–H groups in total. The predicted octanol–water partition coefficient (Wildman–Crippen LogP) is 2.13. The predicted molar refractivity (Wildman–Crippen MR) is 60.4 cm³/mol. The van der Waals surface area contributed by atoms with Gasteiger partial charge in [-0.05, 0) is 42.2 Å². The van der Waals surface area contributed by atoms with Crippen molar-refractivity contribution in [3.8, 4) is 0 Å². The summed E-state index contributed by atoms with van der Waals surface area (Å²) < 4.78 is 3.16. The molecule has 2 rings (SSSR count). The minimum absolute atomic E-state index is 0.637. The first kappa shape index (κ1) is 10.2. The topological polar surface area (TPSA) is 29.9 Å². The minimum Gasteiger partial charge on any atom is -0.316 e. The molecule has 1 aliphatic rings. The zero-order valence-electron chi connectivity index (χ0n) is 8.46. The molecular weight excluding hydrogens is 242 g/mol. The molecule has 0 radical (unpaired) electrons. The van der Waals surface area contributed by atoms with Crippen molar-refractivity contribution < 1.29 is 0 Å². The number of nitrogens with zero attached hydrogens (tertiary/aromatic N) is 2. The van der Waals surface area contributed by atoms with Crippen molar-refractivity contribution in [3.05, 3.63) is 16.4 Å². The molecule has 0 amide bonds. The van der Waals surface area contributed by atoms with E-state index in [1.165, 1.54) is 18.4 Å². The lowest BCUT2D eigenvalue weighted by atomic mass is 9.94. The van der Waals surface area contributed by atoms with Crippen LogP contribution < -0.4 is 5.32 Å². The van der Waals surface area contributed by atoms with E-state index >= 15 is 0 Å². The molecule has 0 aromatic carbocycles. The van der Waals surface area contributed by atoms with Crippen LogP contribution in [0.3, 0.4) is 0 Å². The van der Waals surface area contributed by atoms with Crippen molar-refractivity contribution in [3.63, 3.8) is 0 Å². The summed E-state index contributed by atoms with van der Waals surface area (Å²) in [4.78, 5) is 0. The van der Waals surface area contributed by atoms with Gasteiger partial charge in [-0.25, -0.2) is 0 Å². The van der Waals surface area contributed by atoms with Gasteiger partial charge in [-0.3, -0.25) is 4.68 Å². The van der Waals surface area contributed by atoms with E-state index in [1.54, 1.807) is 0 Å². The standard InChI is InChI=1S/C10H16BrN3/c1-2-14-10(11)9(7-13-14)8-4-3-5-12-6-8/h7-8,12H,2-6H2,1H3. The van der Waals surface area contributed by atoms with E-state index in [0.717, 1.165) is 24.2 Å². The molecule has 1 saturated heterocycles. The third-order valence-corrected chi connectivity index (χ3v) is 3.70. The summed E-state index contributed by atoms with van der Waals surface area (Å²) in [5.41, 5.74) is 1.36. The number of aryl methyl sites for hydroxylation is 1. The third-order valence-electron chi connectivity index (χ3n) is 2.84. The average molecular weight is 258 g/mol. The Morgan fingerprint density at radius 3 is 3.14 bits per heavy atom. The summed E-state index contributed by atoms with van der Waals surface area (Å²) in [5, 5.41) is 7.78. The van der Waals surface area contributed by atoms with Crippen molar-refractivity contribution in [1.82, 2.24) is 15.1 Å². The Morgan fingerprint density at radius 1 is 1.71 bits per heavy atom. The summed E-state index contributed by atoms with van der Waals surface area (Å²) in [5.74, 6) is 0.637. The van der Waals surface area contributed by atoms with Crippen molar-refractivity contribution in [2.75, 3.05) is 13.1 Å². The molecule has 3 nitrogen and oxygen atoms in total. The van der Waals surface area contributed by atoms with Gasteiger partial charge >= 0.3 is 0 Å². The Bertz CT molecular complexity index is 302. The fraction of sp³-hybridized carbons (Fsp3) is 0.700. The number of nitrogens with one attached hydrogen (secondary N) is 1. The van der Waals surface area contributed by atoms with E-state index in [9.17, 15) is 0 Å². The van der Waals surface area contributed by atoms with Crippen LogP contribution in [0.15, 0.2) is 10.8 Å². The van der Waals surface area contributed by atoms with Crippen LogP contribution in [0, 0.1) is 0 Å². The minimum atomic E-state index is 0.637. The van der Waals surface area contributed by atoms with E-state index in [-0.39, 0.29) is 0 Å². The maximum absolute atomic E-state index is 4.35. The van der Waals surface area contributed by atoms with Gasteiger partial charge in [0.05, 0.1) is 6.20 Å². The molecule has 0 saturated carbocycles. The van der Waals surface area contributed by atoms with Crippen LogP contribution in [0.2, 0.25) is 0 Å². The van der Waals surface area contributed by atoms with Crippen LogP contribution >= 0.6 is 15.9 Å². The summed E-state index contributed by atoms with van der Waals surface area (Å²) in [6.45, 7) is 5.30. The van der Waals surface area contributed by atoms with E-state index in [0.29, 0.717) is 5.92 Å². The lowest BCUT2D eigenvalue weighted by Gasteiger charge is -2.22. The lowest BCUT2D eigenvalue weighted by molar-refractivity contribution is 0.460. The monoisotopic (exact) mass is 257 g/mol. The fourth-order valence-electron chi connectivity index (χ4n) is 2.00. The maximum atomic E-state index is 4.35. The fourth-order valence-corrected chi connectivity index (χ4v) is 2.76. The molecule has 0 bridgehead atoms. The van der Waals surface area contributed by atoms with Gasteiger partial charge in [-0.1, -0.05) is 0 Å². The first-order valence-corrected chi connectivity index (χ1v) is 6.04. The molecule has 1 atom stereocenters. The van der Waals surface area contributed by atoms with Gasteiger partial charge in [0.1, 0.15) is 4.60 Å². The van der Waals surface area contributed by atoms with Gasteiger partial charge in [-0.2, -0.15) is 5.10 Å². The van der Waals surface area contributed by atoms with Gasteiger partial charge in [0, 0.05) is 24.6 Å². The Morgan fingerprint density at radius 2 is 2.57 bits per heavy atom. The SMILES string of the molecule is CCn1ncc(C2CCCNC2)c1Br. The van der Waals surface area contributed by atoms with Gasteiger partial charge in [-0.15, -0.1) is 0 Å². The van der Waals surface area contributed by atoms with Crippen LogP contribution in [0.25, 0.3) is 0 Å². The van der Waals surface area contributed by atoms with Crippen LogP contribution in [0.5, 0.6) is 0 Å². The number of hydrogen-bond donors (Lipinski definition) is 1. The molecule has 0 aliphatic carbocycles. The van der Waals surface area contributed by atoms with E-state index in [1.807, 2.05) is 10.9 Å². The highest BCUT2D eigenvalue weighted by atomic mass is 79.9. The molecule has 0 spiro atoms. The third kappa shape index (κ3) is 1.86. The largest absolute Gasteiger partial charge is 0.316 e. The Labute approximate surface area is 93.0 Å². The number of piperidine rings is 1. The molecule has 1 unspecified atom stereocenters. The molecule has 1 aliphatic heterocycles. The molecule has 14 heavy (non-hydrogen) atoms. The molecule has 1 aromatic heterocycles. The Balaban J connectivity index is 2.18. The second kappa shape index (κ2) is 4.45. The smallest absolute Gasteiger partial charge is 0.107 e. The van der Waals surface area contributed by atoms with Gasteiger partial charge in [0.15, 0.2) is 0 Å². The second-order valence-corrected chi connectivity index (χ2v) is 4.50. The normalized spacial score (nSPS) is 22.6.